The average Bonchev–Trinajstić information content (AvgIpc) is 2.38. The van der Waals surface area contributed by atoms with E-state index in [1.54, 1.807) is 0 Å². The molecule has 1 aromatic carbocycles. The summed E-state index contributed by atoms with van der Waals surface area (Å²) in [5.74, 6) is -0.170. The minimum atomic E-state index is -3.70. The summed E-state index contributed by atoms with van der Waals surface area (Å²) < 4.78 is 39.7. The number of halogens is 2. The number of sulfonamides is 1. The molecule has 1 unspecified atom stereocenters. The summed E-state index contributed by atoms with van der Waals surface area (Å²) in [7, 11) is -3.70. The predicted octanol–water partition coefficient (Wildman–Crippen LogP) is 2.15. The number of hydrogen-bond acceptors (Lipinski definition) is 3. The van der Waals surface area contributed by atoms with Crippen LogP contribution in [0.4, 0.5) is 4.39 Å². The van der Waals surface area contributed by atoms with Gasteiger partial charge in [-0.3, -0.25) is 0 Å². The highest BCUT2D eigenvalue weighted by Gasteiger charge is 2.17. The Morgan fingerprint density at radius 3 is 2.85 bits per heavy atom. The summed E-state index contributed by atoms with van der Waals surface area (Å²) in [6, 6.07) is 3.29. The Balaban J connectivity index is 1.93. The highest BCUT2D eigenvalue weighted by Crippen LogP contribution is 2.18. The van der Waals surface area contributed by atoms with Gasteiger partial charge < -0.3 is 5.32 Å². The van der Waals surface area contributed by atoms with Crippen LogP contribution in [0.1, 0.15) is 19.3 Å². The van der Waals surface area contributed by atoms with Crippen molar-refractivity contribution in [2.45, 2.75) is 24.2 Å². The summed E-state index contributed by atoms with van der Waals surface area (Å²) in [6.07, 6.45) is 3.01. The largest absolute Gasteiger partial charge is 0.316 e. The van der Waals surface area contributed by atoms with Gasteiger partial charge in [-0.25, -0.2) is 17.5 Å². The molecule has 1 fully saturated rings. The molecule has 7 heteroatoms. The van der Waals surface area contributed by atoms with E-state index in [-0.39, 0.29) is 9.92 Å². The molecule has 0 radical (unpaired) electrons. The molecule has 0 aromatic heterocycles. The number of piperidine rings is 1. The molecule has 0 amide bonds. The Labute approximate surface area is 123 Å². The van der Waals surface area contributed by atoms with Crippen molar-refractivity contribution in [3.8, 4) is 0 Å². The van der Waals surface area contributed by atoms with E-state index < -0.39 is 15.8 Å². The summed E-state index contributed by atoms with van der Waals surface area (Å²) in [5.41, 5.74) is 0. The monoisotopic (exact) mass is 320 g/mol. The molecule has 1 aromatic rings. The quantitative estimate of drug-likeness (QED) is 0.874. The van der Waals surface area contributed by atoms with Crippen molar-refractivity contribution in [3.05, 3.63) is 29.0 Å². The fraction of sp³-hybridized carbons (Fsp3) is 0.538. The summed E-state index contributed by atoms with van der Waals surface area (Å²) >= 11 is 5.67. The third-order valence-electron chi connectivity index (χ3n) is 3.39. The smallest absolute Gasteiger partial charge is 0.240 e. The molecular formula is C13H18ClFN2O2S. The molecule has 2 N–H and O–H groups in total. The molecule has 4 nitrogen and oxygen atoms in total. The Bertz CT molecular complexity index is 539. The van der Waals surface area contributed by atoms with E-state index in [2.05, 4.69) is 10.0 Å². The molecule has 1 saturated heterocycles. The molecule has 0 aliphatic carbocycles. The van der Waals surface area contributed by atoms with E-state index >= 15 is 0 Å². The maximum atomic E-state index is 13.2. The van der Waals surface area contributed by atoms with Crippen LogP contribution in [0.5, 0.6) is 0 Å². The van der Waals surface area contributed by atoms with Crippen LogP contribution >= 0.6 is 11.6 Å². The first-order valence-electron chi connectivity index (χ1n) is 6.64. The van der Waals surface area contributed by atoms with Gasteiger partial charge >= 0.3 is 0 Å². The van der Waals surface area contributed by atoms with E-state index in [0.29, 0.717) is 12.5 Å². The van der Waals surface area contributed by atoms with Crippen molar-refractivity contribution >= 4 is 21.6 Å². The highest BCUT2D eigenvalue weighted by molar-refractivity contribution is 7.89. The second-order valence-corrected chi connectivity index (χ2v) is 7.21. The third-order valence-corrected chi connectivity index (χ3v) is 5.05. The van der Waals surface area contributed by atoms with Crippen LogP contribution in [0.15, 0.2) is 23.1 Å². The molecule has 112 valence electrons. The average molecular weight is 321 g/mol. The van der Waals surface area contributed by atoms with E-state index in [0.717, 1.165) is 44.5 Å². The normalized spacial score (nSPS) is 20.0. The van der Waals surface area contributed by atoms with Crippen LogP contribution in [0.2, 0.25) is 5.02 Å². The zero-order chi connectivity index (χ0) is 14.6. The Kier molecular flexibility index (Phi) is 5.37. The fourth-order valence-electron chi connectivity index (χ4n) is 2.33. The molecule has 1 heterocycles. The third kappa shape index (κ3) is 4.41. The van der Waals surface area contributed by atoms with Crippen LogP contribution in [-0.2, 0) is 10.0 Å². The van der Waals surface area contributed by atoms with Crippen LogP contribution in [-0.4, -0.2) is 28.1 Å². The zero-order valence-electron chi connectivity index (χ0n) is 11.0. The molecule has 0 saturated carbocycles. The number of rotatable bonds is 5. The molecule has 1 atom stereocenters. The first-order chi connectivity index (χ1) is 9.47. The molecule has 1 aliphatic rings. The minimum absolute atomic E-state index is 0.0712. The first kappa shape index (κ1) is 15.7. The first-order valence-corrected chi connectivity index (χ1v) is 8.50. The number of nitrogens with one attached hydrogen (secondary N) is 2. The fourth-order valence-corrected chi connectivity index (χ4v) is 3.72. The van der Waals surface area contributed by atoms with Crippen molar-refractivity contribution in [1.82, 2.24) is 10.0 Å². The van der Waals surface area contributed by atoms with E-state index in [9.17, 15) is 12.8 Å². The van der Waals surface area contributed by atoms with Gasteiger partial charge in [0.2, 0.25) is 10.0 Å². The Morgan fingerprint density at radius 1 is 1.40 bits per heavy atom. The lowest BCUT2D eigenvalue weighted by atomic mass is 9.96. The van der Waals surface area contributed by atoms with Gasteiger partial charge in [0.15, 0.2) is 0 Å². The molecule has 0 bridgehead atoms. The summed E-state index contributed by atoms with van der Waals surface area (Å²) in [5, 5.41) is 3.36. The standard InChI is InChI=1S/C13H18ClFN2O2S/c14-11-6-12(15)8-13(7-11)20(18,19)17-5-3-10-2-1-4-16-9-10/h6-8,10,16-17H,1-5,9H2. The maximum Gasteiger partial charge on any atom is 0.240 e. The lowest BCUT2D eigenvalue weighted by molar-refractivity contribution is 0.358. The second-order valence-electron chi connectivity index (χ2n) is 5.00. The van der Waals surface area contributed by atoms with Gasteiger partial charge in [0.05, 0.1) is 4.90 Å². The Hall–Kier alpha value is -0.690. The summed E-state index contributed by atoms with van der Waals surface area (Å²) in [4.78, 5) is -0.135. The van der Waals surface area contributed by atoms with E-state index in [4.69, 9.17) is 11.6 Å². The highest BCUT2D eigenvalue weighted by atomic mass is 35.5. The zero-order valence-corrected chi connectivity index (χ0v) is 12.6. The van der Waals surface area contributed by atoms with Gasteiger partial charge in [0.25, 0.3) is 0 Å². The van der Waals surface area contributed by atoms with Gasteiger partial charge in [0, 0.05) is 11.6 Å². The van der Waals surface area contributed by atoms with Gasteiger partial charge in [0.1, 0.15) is 5.82 Å². The SMILES string of the molecule is O=S(=O)(NCCC1CCCNC1)c1cc(F)cc(Cl)c1. The second kappa shape index (κ2) is 6.85. The number of hydrogen-bond donors (Lipinski definition) is 2. The van der Waals surface area contributed by atoms with Crippen LogP contribution in [0.25, 0.3) is 0 Å². The van der Waals surface area contributed by atoms with Crippen LogP contribution < -0.4 is 10.0 Å². The Morgan fingerprint density at radius 2 is 2.20 bits per heavy atom. The van der Waals surface area contributed by atoms with Gasteiger partial charge in [-0.1, -0.05) is 11.6 Å². The molecule has 1 aliphatic heterocycles. The van der Waals surface area contributed by atoms with Gasteiger partial charge in [-0.15, -0.1) is 0 Å². The van der Waals surface area contributed by atoms with Crippen molar-refractivity contribution in [2.24, 2.45) is 5.92 Å². The maximum absolute atomic E-state index is 13.2. The van der Waals surface area contributed by atoms with Gasteiger partial charge in [-0.05, 0) is 56.5 Å². The van der Waals surface area contributed by atoms with E-state index in [1.165, 1.54) is 6.07 Å². The van der Waals surface area contributed by atoms with Crippen molar-refractivity contribution in [2.75, 3.05) is 19.6 Å². The van der Waals surface area contributed by atoms with Crippen molar-refractivity contribution in [3.63, 3.8) is 0 Å². The van der Waals surface area contributed by atoms with Crippen LogP contribution in [0.3, 0.4) is 0 Å². The molecule has 20 heavy (non-hydrogen) atoms. The van der Waals surface area contributed by atoms with E-state index in [1.807, 2.05) is 0 Å². The molecular weight excluding hydrogens is 303 g/mol. The van der Waals surface area contributed by atoms with Crippen molar-refractivity contribution in [1.29, 1.82) is 0 Å². The lowest BCUT2D eigenvalue weighted by Gasteiger charge is -2.22. The number of benzene rings is 1. The topological polar surface area (TPSA) is 58.2 Å². The lowest BCUT2D eigenvalue weighted by Crippen LogP contribution is -2.33. The predicted molar refractivity (Wildman–Crippen MR) is 76.8 cm³/mol. The molecule has 0 spiro atoms. The van der Waals surface area contributed by atoms with Crippen LogP contribution in [0, 0.1) is 11.7 Å². The molecule has 2 rings (SSSR count). The summed E-state index contributed by atoms with van der Waals surface area (Å²) in [6.45, 7) is 2.31. The van der Waals surface area contributed by atoms with Crippen molar-refractivity contribution < 1.29 is 12.8 Å². The van der Waals surface area contributed by atoms with Gasteiger partial charge in [-0.2, -0.15) is 0 Å². The minimum Gasteiger partial charge on any atom is -0.316 e.